The molecule has 0 bridgehead atoms. The van der Waals surface area contributed by atoms with Gasteiger partial charge in [0.1, 0.15) is 6.61 Å². The van der Waals surface area contributed by atoms with Crippen molar-refractivity contribution in [2.75, 3.05) is 13.2 Å². The monoisotopic (exact) mass is 590 g/mol. The second kappa shape index (κ2) is 12.4. The summed E-state index contributed by atoms with van der Waals surface area (Å²) in [5, 5.41) is 9.65. The van der Waals surface area contributed by atoms with Crippen LogP contribution in [0.5, 0.6) is 0 Å². The Hall–Kier alpha value is -4.04. The molecule has 1 heterocycles. The minimum absolute atomic E-state index is 0.00145. The van der Waals surface area contributed by atoms with Crippen molar-refractivity contribution in [1.82, 2.24) is 4.90 Å². The Balaban J connectivity index is 1.67. The van der Waals surface area contributed by atoms with Gasteiger partial charge in [-0.3, -0.25) is 4.90 Å². The average Bonchev–Trinajstić information content (AvgIpc) is 2.98. The summed E-state index contributed by atoms with van der Waals surface area (Å²) in [7, 11) is 0. The van der Waals surface area contributed by atoms with Gasteiger partial charge in [-0.1, -0.05) is 60.7 Å². The summed E-state index contributed by atoms with van der Waals surface area (Å²) in [5.74, 6) is -0.513. The van der Waals surface area contributed by atoms with Crippen LogP contribution in [0.15, 0.2) is 78.9 Å². The number of carbonyl (C=O) groups is 1. The van der Waals surface area contributed by atoms with Crippen LogP contribution in [-0.2, 0) is 34.0 Å². The Morgan fingerprint density at radius 2 is 1.55 bits per heavy atom. The van der Waals surface area contributed by atoms with E-state index in [0.717, 1.165) is 5.56 Å². The maximum absolute atomic E-state index is 13.5. The van der Waals surface area contributed by atoms with Gasteiger partial charge in [0, 0.05) is 6.54 Å². The average molecular weight is 591 g/mol. The topological polar surface area (TPSA) is 62.6 Å². The van der Waals surface area contributed by atoms with Gasteiger partial charge in [0.2, 0.25) is 0 Å². The van der Waals surface area contributed by atoms with Crippen molar-refractivity contribution in [3.63, 3.8) is 0 Å². The highest BCUT2D eigenvalue weighted by Crippen LogP contribution is 2.42. The Bertz CT molecular complexity index is 1370. The molecule has 0 saturated carbocycles. The van der Waals surface area contributed by atoms with Gasteiger partial charge in [-0.2, -0.15) is 31.6 Å². The lowest BCUT2D eigenvalue weighted by molar-refractivity contribution is -0.143. The summed E-state index contributed by atoms with van der Waals surface area (Å²) < 4.78 is 92.4. The summed E-state index contributed by atoms with van der Waals surface area (Å²) in [6.07, 6.45) is -11.3. The van der Waals surface area contributed by atoms with Crippen molar-refractivity contribution in [3.05, 3.63) is 107 Å². The van der Waals surface area contributed by atoms with Crippen LogP contribution in [0, 0.1) is 17.2 Å². The molecule has 0 spiro atoms. The quantitative estimate of drug-likeness (QED) is 0.260. The molecule has 3 atom stereocenters. The molecule has 1 aliphatic rings. The number of rotatable bonds is 7. The molecule has 3 aromatic carbocycles. The van der Waals surface area contributed by atoms with Gasteiger partial charge in [-0.05, 0) is 54.7 Å². The van der Waals surface area contributed by atoms with Crippen LogP contribution < -0.4 is 0 Å². The maximum Gasteiger partial charge on any atom is 0.416 e. The van der Waals surface area contributed by atoms with Crippen LogP contribution in [0.25, 0.3) is 0 Å². The minimum Gasteiger partial charge on any atom is -0.445 e. The molecule has 3 aromatic rings. The van der Waals surface area contributed by atoms with Gasteiger partial charge >= 0.3 is 18.4 Å². The normalized spacial score (nSPS) is 20.0. The van der Waals surface area contributed by atoms with Crippen molar-refractivity contribution >= 4 is 6.09 Å². The first kappa shape index (κ1) is 30.9. The molecule has 1 fully saturated rings. The summed E-state index contributed by atoms with van der Waals surface area (Å²) in [6.45, 7) is 1.04. The number of nitrogens with zero attached hydrogens (tertiary/aromatic N) is 2. The van der Waals surface area contributed by atoms with Gasteiger partial charge in [-0.15, -0.1) is 0 Å². The molecule has 0 aliphatic carbocycles. The summed E-state index contributed by atoms with van der Waals surface area (Å²) in [5.41, 5.74) is -3.04. The zero-order valence-electron chi connectivity index (χ0n) is 22.6. The highest BCUT2D eigenvalue weighted by molar-refractivity contribution is 5.69. The fraction of sp³-hybridized carbons (Fsp3) is 0.355. The lowest BCUT2D eigenvalue weighted by Gasteiger charge is -2.48. The van der Waals surface area contributed by atoms with Gasteiger partial charge in [0.25, 0.3) is 0 Å². The number of ether oxygens (including phenoxy) is 2. The molecule has 0 aromatic heterocycles. The molecule has 0 N–H and O–H groups in total. The largest absolute Gasteiger partial charge is 0.445 e. The third-order valence-corrected chi connectivity index (χ3v) is 7.40. The summed E-state index contributed by atoms with van der Waals surface area (Å²) >= 11 is 0. The molecule has 11 heteroatoms. The lowest BCUT2D eigenvalue weighted by Crippen LogP contribution is -2.57. The highest BCUT2D eigenvalue weighted by atomic mass is 19.4. The van der Waals surface area contributed by atoms with E-state index in [2.05, 4.69) is 6.07 Å². The number of likely N-dealkylation sites (tertiary alicyclic amines) is 1. The number of piperidine rings is 1. The van der Waals surface area contributed by atoms with Crippen LogP contribution in [-0.4, -0.2) is 24.1 Å². The standard InChI is InChI=1S/C31H28F6N2O3/c1-21(24-14-26(30(32,33)34)16-27(15-24)31(35,36)37)42-20-29(25-10-6-3-7-11-25)13-12-23(17-38)18-39(29)28(40)41-19-22-8-4-2-5-9-22/h2-11,14-16,21,23H,12-13,18-20H2,1H3/t21-,23-,29?/m1/s1. The predicted octanol–water partition coefficient (Wildman–Crippen LogP) is 8.27. The summed E-state index contributed by atoms with van der Waals surface area (Å²) in [4.78, 5) is 14.9. The molecule has 1 aliphatic heterocycles. The van der Waals surface area contributed by atoms with Gasteiger partial charge in [0.15, 0.2) is 0 Å². The third kappa shape index (κ3) is 7.05. The fourth-order valence-corrected chi connectivity index (χ4v) is 5.04. The van der Waals surface area contributed by atoms with Gasteiger partial charge < -0.3 is 9.47 Å². The van der Waals surface area contributed by atoms with Gasteiger partial charge in [0.05, 0.1) is 41.4 Å². The number of hydrogen-bond acceptors (Lipinski definition) is 4. The van der Waals surface area contributed by atoms with E-state index in [-0.39, 0.29) is 37.8 Å². The van der Waals surface area contributed by atoms with E-state index in [4.69, 9.17) is 9.47 Å². The summed E-state index contributed by atoms with van der Waals surface area (Å²) in [6, 6.07) is 21.2. The van der Waals surface area contributed by atoms with Crippen molar-refractivity contribution in [1.29, 1.82) is 5.26 Å². The SMILES string of the molecule is C[C@@H](OCC1(c2ccccc2)CC[C@H](C#N)CN1C(=O)OCc1ccccc1)c1cc(C(F)(F)F)cc(C(F)(F)F)c1. The first-order valence-electron chi connectivity index (χ1n) is 13.2. The molecule has 1 amide bonds. The van der Waals surface area contributed by atoms with Crippen LogP contribution in [0.3, 0.4) is 0 Å². The van der Waals surface area contributed by atoms with Crippen molar-refractivity contribution in [2.24, 2.45) is 5.92 Å². The molecule has 1 saturated heterocycles. The first-order valence-corrected chi connectivity index (χ1v) is 13.2. The van der Waals surface area contributed by atoms with Gasteiger partial charge in [-0.25, -0.2) is 4.79 Å². The third-order valence-electron chi connectivity index (χ3n) is 7.40. The molecule has 5 nitrogen and oxygen atoms in total. The fourth-order valence-electron chi connectivity index (χ4n) is 5.04. The van der Waals surface area contributed by atoms with Crippen molar-refractivity contribution < 1.29 is 40.6 Å². The number of hydrogen-bond donors (Lipinski definition) is 0. The van der Waals surface area contributed by atoms with E-state index in [0.29, 0.717) is 24.1 Å². The second-order valence-corrected chi connectivity index (χ2v) is 10.2. The number of alkyl halides is 6. The second-order valence-electron chi connectivity index (χ2n) is 10.2. The van der Waals surface area contributed by atoms with Crippen LogP contribution in [0.4, 0.5) is 31.1 Å². The molecule has 4 rings (SSSR count). The first-order chi connectivity index (χ1) is 19.8. The lowest BCUT2D eigenvalue weighted by atomic mass is 9.78. The number of carbonyl (C=O) groups excluding carboxylic acids is 1. The van der Waals surface area contributed by atoms with E-state index in [9.17, 15) is 36.4 Å². The van der Waals surface area contributed by atoms with E-state index in [1.807, 2.05) is 6.07 Å². The van der Waals surface area contributed by atoms with E-state index in [1.54, 1.807) is 54.6 Å². The smallest absolute Gasteiger partial charge is 0.416 e. The van der Waals surface area contributed by atoms with Crippen LogP contribution >= 0.6 is 0 Å². The molecule has 222 valence electrons. The highest BCUT2D eigenvalue weighted by Gasteiger charge is 2.47. The number of amides is 1. The Kier molecular flexibility index (Phi) is 9.16. The Morgan fingerprint density at radius 1 is 0.976 bits per heavy atom. The maximum atomic E-state index is 13.5. The Morgan fingerprint density at radius 3 is 2.10 bits per heavy atom. The van der Waals surface area contributed by atoms with E-state index >= 15 is 0 Å². The number of halogens is 6. The minimum atomic E-state index is -5.00. The van der Waals surface area contributed by atoms with Crippen molar-refractivity contribution in [3.8, 4) is 6.07 Å². The predicted molar refractivity (Wildman–Crippen MR) is 141 cm³/mol. The zero-order valence-corrected chi connectivity index (χ0v) is 22.6. The molecule has 1 unspecified atom stereocenters. The molecule has 0 radical (unpaired) electrons. The van der Waals surface area contributed by atoms with Crippen LogP contribution in [0.2, 0.25) is 0 Å². The molecular formula is C31H28F6N2O3. The van der Waals surface area contributed by atoms with Crippen LogP contribution in [0.1, 0.15) is 53.7 Å². The zero-order chi connectivity index (χ0) is 30.5. The van der Waals surface area contributed by atoms with E-state index in [1.165, 1.54) is 11.8 Å². The number of nitriles is 1. The van der Waals surface area contributed by atoms with E-state index < -0.39 is 47.1 Å². The molecule has 42 heavy (non-hydrogen) atoms. The van der Waals surface area contributed by atoms with Crippen molar-refractivity contribution in [2.45, 2.75) is 50.4 Å². The Labute approximate surface area is 239 Å². The molecular weight excluding hydrogens is 562 g/mol. The number of benzene rings is 3.